The first-order valence-corrected chi connectivity index (χ1v) is 9.53. The first-order valence-electron chi connectivity index (χ1n) is 8.04. The van der Waals surface area contributed by atoms with Crippen LogP contribution in [0.3, 0.4) is 0 Å². The summed E-state index contributed by atoms with van der Waals surface area (Å²) in [6, 6.07) is 15.1. The lowest BCUT2D eigenvalue weighted by molar-refractivity contribution is -0.122. The highest BCUT2D eigenvalue weighted by atomic mass is 32.2. The van der Waals surface area contributed by atoms with Crippen LogP contribution in [0.5, 0.6) is 5.75 Å². The van der Waals surface area contributed by atoms with E-state index in [4.69, 9.17) is 4.74 Å². The molecule has 0 fully saturated rings. The van der Waals surface area contributed by atoms with Gasteiger partial charge < -0.3 is 10.1 Å². The molecule has 0 radical (unpaired) electrons. The highest BCUT2D eigenvalue weighted by Crippen LogP contribution is 2.16. The molecule has 0 aliphatic heterocycles. The smallest absolute Gasteiger partial charge is 0.265 e. The Labute approximate surface area is 148 Å². The molecule has 2 rings (SSSR count). The van der Waals surface area contributed by atoms with E-state index in [9.17, 15) is 13.2 Å². The third kappa shape index (κ3) is 5.58. The van der Waals surface area contributed by atoms with Gasteiger partial charge in [0, 0.05) is 12.2 Å². The Morgan fingerprint density at radius 2 is 1.72 bits per heavy atom. The van der Waals surface area contributed by atoms with E-state index >= 15 is 0 Å². The number of sulfonamides is 1. The Bertz CT molecular complexity index is 790. The molecule has 2 aromatic rings. The SMILES string of the molecule is CCCNS(=O)(=O)c1ccc(NC(=O)C(C)Oc2ccccc2)cc1. The fourth-order valence-electron chi connectivity index (χ4n) is 2.04. The molecule has 1 amide bonds. The lowest BCUT2D eigenvalue weighted by atomic mass is 10.3. The largest absolute Gasteiger partial charge is 0.481 e. The third-order valence-electron chi connectivity index (χ3n) is 3.40. The highest BCUT2D eigenvalue weighted by molar-refractivity contribution is 7.89. The molecule has 0 heterocycles. The summed E-state index contributed by atoms with van der Waals surface area (Å²) in [6.07, 6.45) is 0.0316. The fourth-order valence-corrected chi connectivity index (χ4v) is 3.17. The zero-order valence-electron chi connectivity index (χ0n) is 14.2. The average molecular weight is 362 g/mol. The molecule has 1 atom stereocenters. The van der Waals surface area contributed by atoms with Gasteiger partial charge in [-0.05, 0) is 49.7 Å². The van der Waals surface area contributed by atoms with Crippen molar-refractivity contribution >= 4 is 21.6 Å². The summed E-state index contributed by atoms with van der Waals surface area (Å²) in [5.41, 5.74) is 0.503. The minimum Gasteiger partial charge on any atom is -0.481 e. The summed E-state index contributed by atoms with van der Waals surface area (Å²) in [6.45, 7) is 3.92. The topological polar surface area (TPSA) is 84.5 Å². The number of carbonyl (C=O) groups excluding carboxylic acids is 1. The predicted molar refractivity (Wildman–Crippen MR) is 97.1 cm³/mol. The van der Waals surface area contributed by atoms with Gasteiger partial charge in [-0.3, -0.25) is 4.79 Å². The number of rotatable bonds is 8. The maximum absolute atomic E-state index is 12.2. The lowest BCUT2D eigenvalue weighted by Gasteiger charge is -2.15. The van der Waals surface area contributed by atoms with Crippen LogP contribution >= 0.6 is 0 Å². The monoisotopic (exact) mass is 362 g/mol. The highest BCUT2D eigenvalue weighted by Gasteiger charge is 2.16. The van der Waals surface area contributed by atoms with Gasteiger partial charge in [0.05, 0.1) is 4.90 Å². The maximum Gasteiger partial charge on any atom is 0.265 e. The summed E-state index contributed by atoms with van der Waals surface area (Å²) in [7, 11) is -3.51. The Balaban J connectivity index is 1.97. The van der Waals surface area contributed by atoms with Crippen molar-refractivity contribution in [2.75, 3.05) is 11.9 Å². The van der Waals surface area contributed by atoms with Crippen molar-refractivity contribution in [1.29, 1.82) is 0 Å². The second-order valence-corrected chi connectivity index (χ2v) is 7.25. The molecule has 134 valence electrons. The summed E-state index contributed by atoms with van der Waals surface area (Å²) in [5.74, 6) is 0.289. The Morgan fingerprint density at radius 3 is 2.32 bits per heavy atom. The molecule has 25 heavy (non-hydrogen) atoms. The van der Waals surface area contributed by atoms with Crippen LogP contribution in [0.4, 0.5) is 5.69 Å². The molecule has 0 saturated carbocycles. The Kier molecular flexibility index (Phi) is 6.55. The molecule has 0 aromatic heterocycles. The molecule has 1 unspecified atom stereocenters. The number of hydrogen-bond donors (Lipinski definition) is 2. The van der Waals surface area contributed by atoms with E-state index in [1.54, 1.807) is 31.2 Å². The molecule has 6 nitrogen and oxygen atoms in total. The van der Waals surface area contributed by atoms with Crippen LogP contribution in [0.2, 0.25) is 0 Å². The van der Waals surface area contributed by atoms with Crippen LogP contribution in [0.25, 0.3) is 0 Å². The van der Waals surface area contributed by atoms with Gasteiger partial charge in [0.1, 0.15) is 5.75 Å². The van der Waals surface area contributed by atoms with Crippen LogP contribution in [0.1, 0.15) is 20.3 Å². The molecule has 7 heteroatoms. The molecule has 0 aliphatic rings. The molecule has 0 saturated heterocycles. The lowest BCUT2D eigenvalue weighted by Crippen LogP contribution is -2.30. The summed E-state index contributed by atoms with van der Waals surface area (Å²) >= 11 is 0. The molecule has 0 spiro atoms. The maximum atomic E-state index is 12.2. The third-order valence-corrected chi connectivity index (χ3v) is 4.88. The van der Waals surface area contributed by atoms with Gasteiger partial charge in [0.25, 0.3) is 5.91 Å². The van der Waals surface area contributed by atoms with E-state index in [0.29, 0.717) is 24.4 Å². The number of nitrogens with one attached hydrogen (secondary N) is 2. The summed E-state index contributed by atoms with van der Waals surface area (Å²) < 4.78 is 32.1. The van der Waals surface area contributed by atoms with Gasteiger partial charge in [-0.1, -0.05) is 25.1 Å². The zero-order chi connectivity index (χ0) is 18.3. The van der Waals surface area contributed by atoms with Crippen molar-refractivity contribution in [2.24, 2.45) is 0 Å². The standard InChI is InChI=1S/C18H22N2O4S/c1-3-13-19-25(22,23)17-11-9-15(10-12-17)20-18(21)14(2)24-16-7-5-4-6-8-16/h4-12,14,19H,3,13H2,1-2H3,(H,20,21). The van der Waals surface area contributed by atoms with Gasteiger partial charge in [0.15, 0.2) is 6.10 Å². The quantitative estimate of drug-likeness (QED) is 0.756. The molecular weight excluding hydrogens is 340 g/mol. The van der Waals surface area contributed by atoms with Crippen molar-refractivity contribution in [2.45, 2.75) is 31.3 Å². The van der Waals surface area contributed by atoms with Crippen LogP contribution < -0.4 is 14.8 Å². The van der Waals surface area contributed by atoms with Gasteiger partial charge in [-0.15, -0.1) is 0 Å². The van der Waals surface area contributed by atoms with E-state index < -0.39 is 16.1 Å². The van der Waals surface area contributed by atoms with E-state index in [1.807, 2.05) is 25.1 Å². The number of carbonyl (C=O) groups is 1. The number of ether oxygens (including phenoxy) is 1. The van der Waals surface area contributed by atoms with Crippen molar-refractivity contribution < 1.29 is 17.9 Å². The molecular formula is C18H22N2O4S. The first-order chi connectivity index (χ1) is 11.9. The molecule has 2 aromatic carbocycles. The van der Waals surface area contributed by atoms with Crippen molar-refractivity contribution in [3.63, 3.8) is 0 Å². The second kappa shape index (κ2) is 8.64. The van der Waals surface area contributed by atoms with E-state index in [1.165, 1.54) is 12.1 Å². The molecule has 0 aliphatic carbocycles. The normalized spacial score (nSPS) is 12.4. The van der Waals surface area contributed by atoms with Crippen LogP contribution in [0, 0.1) is 0 Å². The zero-order valence-corrected chi connectivity index (χ0v) is 15.0. The second-order valence-electron chi connectivity index (χ2n) is 5.48. The number of anilines is 1. The minimum atomic E-state index is -3.51. The number of amides is 1. The number of benzene rings is 2. The Morgan fingerprint density at radius 1 is 1.08 bits per heavy atom. The van der Waals surface area contributed by atoms with Crippen LogP contribution in [-0.4, -0.2) is 27.0 Å². The van der Waals surface area contributed by atoms with Gasteiger partial charge in [-0.25, -0.2) is 13.1 Å². The van der Waals surface area contributed by atoms with E-state index in [0.717, 1.165) is 0 Å². The summed E-state index contributed by atoms with van der Waals surface area (Å²) in [4.78, 5) is 12.3. The summed E-state index contributed by atoms with van der Waals surface area (Å²) in [5, 5.41) is 2.70. The molecule has 2 N–H and O–H groups in total. The van der Waals surface area contributed by atoms with Gasteiger partial charge in [0.2, 0.25) is 10.0 Å². The van der Waals surface area contributed by atoms with Gasteiger partial charge in [-0.2, -0.15) is 0 Å². The van der Waals surface area contributed by atoms with Crippen molar-refractivity contribution in [1.82, 2.24) is 4.72 Å². The van der Waals surface area contributed by atoms with E-state index in [2.05, 4.69) is 10.0 Å². The fraction of sp³-hybridized carbons (Fsp3) is 0.278. The predicted octanol–water partition coefficient (Wildman–Crippen LogP) is 2.78. The Hall–Kier alpha value is -2.38. The van der Waals surface area contributed by atoms with Crippen LogP contribution in [-0.2, 0) is 14.8 Å². The van der Waals surface area contributed by atoms with Crippen LogP contribution in [0.15, 0.2) is 59.5 Å². The van der Waals surface area contributed by atoms with Gasteiger partial charge >= 0.3 is 0 Å². The minimum absolute atomic E-state index is 0.160. The average Bonchev–Trinajstić information content (AvgIpc) is 2.61. The first kappa shape index (κ1) is 19.0. The number of hydrogen-bond acceptors (Lipinski definition) is 4. The molecule has 0 bridgehead atoms. The van der Waals surface area contributed by atoms with Crippen molar-refractivity contribution in [3.05, 3.63) is 54.6 Å². The van der Waals surface area contributed by atoms with Crippen molar-refractivity contribution in [3.8, 4) is 5.75 Å². The van der Waals surface area contributed by atoms with E-state index in [-0.39, 0.29) is 10.8 Å². The number of para-hydroxylation sites is 1.